The number of pyridine rings is 1. The number of nitriles is 1. The van der Waals surface area contributed by atoms with E-state index in [4.69, 9.17) is 5.26 Å². The zero-order valence-electron chi connectivity index (χ0n) is 10.2. The van der Waals surface area contributed by atoms with Crippen LogP contribution in [0, 0.1) is 11.3 Å². The SMILES string of the molecule is N#C/C=C(\c1ccc(C(F)(F)F)cc1)c1ccccn1. The highest BCUT2D eigenvalue weighted by molar-refractivity contribution is 5.79. The van der Waals surface area contributed by atoms with Crippen molar-refractivity contribution < 1.29 is 13.2 Å². The Morgan fingerprint density at radius 1 is 1.10 bits per heavy atom. The van der Waals surface area contributed by atoms with Gasteiger partial charge in [-0.15, -0.1) is 0 Å². The maximum absolute atomic E-state index is 12.5. The summed E-state index contributed by atoms with van der Waals surface area (Å²) in [7, 11) is 0. The van der Waals surface area contributed by atoms with Crippen LogP contribution in [0.25, 0.3) is 5.57 Å². The Hall–Kier alpha value is -2.61. The van der Waals surface area contributed by atoms with Crippen molar-refractivity contribution in [2.24, 2.45) is 0 Å². The van der Waals surface area contributed by atoms with Gasteiger partial charge in [-0.1, -0.05) is 18.2 Å². The van der Waals surface area contributed by atoms with E-state index in [0.717, 1.165) is 12.1 Å². The van der Waals surface area contributed by atoms with E-state index in [1.54, 1.807) is 24.4 Å². The predicted molar refractivity (Wildman–Crippen MR) is 68.4 cm³/mol. The highest BCUT2D eigenvalue weighted by Gasteiger charge is 2.30. The van der Waals surface area contributed by atoms with E-state index in [1.807, 2.05) is 6.07 Å². The fourth-order valence-electron chi connectivity index (χ4n) is 1.73. The normalized spacial score (nSPS) is 12.0. The molecule has 0 aliphatic carbocycles. The molecule has 0 saturated carbocycles. The zero-order chi connectivity index (χ0) is 14.6. The summed E-state index contributed by atoms with van der Waals surface area (Å²) >= 11 is 0. The molecule has 5 heteroatoms. The van der Waals surface area contributed by atoms with Gasteiger partial charge in [0, 0.05) is 17.8 Å². The van der Waals surface area contributed by atoms with E-state index in [0.29, 0.717) is 16.8 Å². The second-order valence-electron chi connectivity index (χ2n) is 3.98. The van der Waals surface area contributed by atoms with Crippen LogP contribution in [0.2, 0.25) is 0 Å². The molecule has 2 aromatic rings. The van der Waals surface area contributed by atoms with Gasteiger partial charge in [0.25, 0.3) is 0 Å². The van der Waals surface area contributed by atoms with Gasteiger partial charge < -0.3 is 0 Å². The topological polar surface area (TPSA) is 36.7 Å². The van der Waals surface area contributed by atoms with Crippen molar-refractivity contribution in [3.8, 4) is 6.07 Å². The van der Waals surface area contributed by atoms with E-state index < -0.39 is 11.7 Å². The molecule has 0 amide bonds. The van der Waals surface area contributed by atoms with Crippen LogP contribution in [0.3, 0.4) is 0 Å². The standard InChI is InChI=1S/C15H9F3N2/c16-15(17,18)12-6-4-11(5-7-12)13(8-9-19)14-3-1-2-10-20-14/h1-8,10H/b13-8+. The number of rotatable bonds is 2. The first-order valence-corrected chi connectivity index (χ1v) is 5.71. The smallest absolute Gasteiger partial charge is 0.256 e. The second kappa shape index (κ2) is 5.57. The Labute approximate surface area is 113 Å². The molecule has 0 saturated heterocycles. The number of allylic oxidation sites excluding steroid dienone is 1. The number of halogens is 3. The molecule has 0 aliphatic heterocycles. The van der Waals surface area contributed by atoms with Gasteiger partial charge in [0.2, 0.25) is 0 Å². The van der Waals surface area contributed by atoms with Crippen LogP contribution < -0.4 is 0 Å². The lowest BCUT2D eigenvalue weighted by molar-refractivity contribution is -0.137. The van der Waals surface area contributed by atoms with Gasteiger partial charge in [-0.25, -0.2) is 0 Å². The second-order valence-corrected chi connectivity index (χ2v) is 3.98. The molecule has 100 valence electrons. The number of alkyl halides is 3. The van der Waals surface area contributed by atoms with Crippen LogP contribution in [0.4, 0.5) is 13.2 Å². The Bertz CT molecular complexity index is 650. The van der Waals surface area contributed by atoms with Crippen LogP contribution >= 0.6 is 0 Å². The van der Waals surface area contributed by atoms with Gasteiger partial charge in [0.1, 0.15) is 0 Å². The van der Waals surface area contributed by atoms with E-state index in [1.165, 1.54) is 18.2 Å². The lowest BCUT2D eigenvalue weighted by Gasteiger charge is -2.09. The maximum atomic E-state index is 12.5. The summed E-state index contributed by atoms with van der Waals surface area (Å²) in [5.74, 6) is 0. The van der Waals surface area contributed by atoms with E-state index >= 15 is 0 Å². The van der Waals surface area contributed by atoms with Crippen molar-refractivity contribution in [2.45, 2.75) is 6.18 Å². The molecule has 2 nitrogen and oxygen atoms in total. The van der Waals surface area contributed by atoms with Crippen molar-refractivity contribution in [2.75, 3.05) is 0 Å². The average Bonchev–Trinajstić information content (AvgIpc) is 2.45. The first-order valence-electron chi connectivity index (χ1n) is 5.71. The molecule has 0 N–H and O–H groups in total. The molecule has 0 fully saturated rings. The summed E-state index contributed by atoms with van der Waals surface area (Å²) in [5.41, 5.74) is 0.812. The number of benzene rings is 1. The van der Waals surface area contributed by atoms with Gasteiger partial charge in [-0.3, -0.25) is 4.98 Å². The summed E-state index contributed by atoms with van der Waals surface area (Å²) in [6.45, 7) is 0. The summed E-state index contributed by atoms with van der Waals surface area (Å²) in [6.07, 6.45) is -1.54. The largest absolute Gasteiger partial charge is 0.416 e. The average molecular weight is 274 g/mol. The third kappa shape index (κ3) is 3.04. The molecule has 0 bridgehead atoms. The lowest BCUT2D eigenvalue weighted by atomic mass is 10.0. The van der Waals surface area contributed by atoms with Crippen molar-refractivity contribution >= 4 is 5.57 Å². The number of hydrogen-bond donors (Lipinski definition) is 0. The van der Waals surface area contributed by atoms with Gasteiger partial charge in [-0.05, 0) is 29.8 Å². The van der Waals surface area contributed by atoms with Crippen LogP contribution in [0.5, 0.6) is 0 Å². The van der Waals surface area contributed by atoms with Crippen molar-refractivity contribution in [3.05, 3.63) is 71.6 Å². The molecule has 0 atom stereocenters. The maximum Gasteiger partial charge on any atom is 0.416 e. The van der Waals surface area contributed by atoms with Crippen LogP contribution in [-0.2, 0) is 6.18 Å². The van der Waals surface area contributed by atoms with Crippen molar-refractivity contribution in [1.29, 1.82) is 5.26 Å². The van der Waals surface area contributed by atoms with Crippen molar-refractivity contribution in [3.63, 3.8) is 0 Å². The van der Waals surface area contributed by atoms with E-state index in [-0.39, 0.29) is 0 Å². The third-order valence-corrected chi connectivity index (χ3v) is 2.67. The lowest BCUT2D eigenvalue weighted by Crippen LogP contribution is -2.04. The van der Waals surface area contributed by atoms with Gasteiger partial charge in [0.15, 0.2) is 0 Å². The first-order chi connectivity index (χ1) is 9.52. The number of hydrogen-bond acceptors (Lipinski definition) is 2. The Morgan fingerprint density at radius 3 is 2.30 bits per heavy atom. The predicted octanol–water partition coefficient (Wildman–Crippen LogP) is 4.06. The minimum absolute atomic E-state index is 0.488. The fourth-order valence-corrected chi connectivity index (χ4v) is 1.73. The highest BCUT2D eigenvalue weighted by Crippen LogP contribution is 2.30. The zero-order valence-corrected chi connectivity index (χ0v) is 10.2. The molecule has 0 unspecified atom stereocenters. The van der Waals surface area contributed by atoms with E-state index in [2.05, 4.69) is 4.98 Å². The molecule has 1 heterocycles. The Morgan fingerprint density at radius 2 is 1.80 bits per heavy atom. The van der Waals surface area contributed by atoms with E-state index in [9.17, 15) is 13.2 Å². The van der Waals surface area contributed by atoms with Crippen molar-refractivity contribution in [1.82, 2.24) is 4.98 Å². The third-order valence-electron chi connectivity index (χ3n) is 2.67. The molecule has 0 aliphatic rings. The van der Waals surface area contributed by atoms with Crippen LogP contribution in [0.1, 0.15) is 16.8 Å². The fraction of sp³-hybridized carbons (Fsp3) is 0.0667. The summed E-state index contributed by atoms with van der Waals surface area (Å²) < 4.78 is 37.5. The quantitative estimate of drug-likeness (QED) is 0.774. The highest BCUT2D eigenvalue weighted by atomic mass is 19.4. The Kier molecular flexibility index (Phi) is 3.85. The minimum Gasteiger partial charge on any atom is -0.256 e. The summed E-state index contributed by atoms with van der Waals surface area (Å²) in [6, 6.07) is 11.7. The molecule has 20 heavy (non-hydrogen) atoms. The van der Waals surface area contributed by atoms with Gasteiger partial charge in [-0.2, -0.15) is 18.4 Å². The molecule has 1 aromatic heterocycles. The first kappa shape index (κ1) is 13.8. The van der Waals surface area contributed by atoms with Gasteiger partial charge >= 0.3 is 6.18 Å². The summed E-state index contributed by atoms with van der Waals surface area (Å²) in [4.78, 5) is 4.10. The van der Waals surface area contributed by atoms with Crippen LogP contribution in [-0.4, -0.2) is 4.98 Å². The summed E-state index contributed by atoms with van der Waals surface area (Å²) in [5, 5.41) is 8.81. The molecular formula is C15H9F3N2. The molecule has 1 aromatic carbocycles. The molecule has 0 spiro atoms. The monoisotopic (exact) mass is 274 g/mol. The molecule has 2 rings (SSSR count). The Balaban J connectivity index is 2.43. The molecular weight excluding hydrogens is 265 g/mol. The number of nitrogens with zero attached hydrogens (tertiary/aromatic N) is 2. The number of aromatic nitrogens is 1. The minimum atomic E-state index is -4.37. The molecule has 0 radical (unpaired) electrons. The van der Waals surface area contributed by atoms with Gasteiger partial charge in [0.05, 0.1) is 17.3 Å². The van der Waals surface area contributed by atoms with Crippen LogP contribution in [0.15, 0.2) is 54.7 Å².